The zero-order chi connectivity index (χ0) is 31.0. The second-order valence-electron chi connectivity index (χ2n) is 9.94. The average molecular weight is 651 g/mol. The van der Waals surface area contributed by atoms with Gasteiger partial charge in [-0.3, -0.25) is 19.1 Å². The lowest BCUT2D eigenvalue weighted by molar-refractivity contribution is -0.138. The van der Waals surface area contributed by atoms with Crippen LogP contribution in [0.2, 0.25) is 10.0 Å². The van der Waals surface area contributed by atoms with Gasteiger partial charge in [0.05, 0.1) is 38.7 Å². The molecule has 4 rings (SSSR count). The molecule has 0 spiro atoms. The molecule has 2 heterocycles. The monoisotopic (exact) mass is 649 g/mol. The van der Waals surface area contributed by atoms with Crippen molar-refractivity contribution in [1.29, 1.82) is 0 Å². The third-order valence-electron chi connectivity index (χ3n) is 7.08. The number of hydrogen-bond donors (Lipinski definition) is 3. The third-order valence-corrected chi connectivity index (χ3v) is 9.56. The minimum absolute atomic E-state index is 0.0252. The van der Waals surface area contributed by atoms with Gasteiger partial charge in [-0.15, -0.1) is 0 Å². The predicted molar refractivity (Wildman–Crippen MR) is 153 cm³/mol. The molecule has 0 saturated carbocycles. The maximum atomic E-state index is 14.3. The van der Waals surface area contributed by atoms with Crippen LogP contribution in [-0.4, -0.2) is 60.2 Å². The Morgan fingerprint density at radius 1 is 1.19 bits per heavy atom. The van der Waals surface area contributed by atoms with E-state index >= 15 is 0 Å². The van der Waals surface area contributed by atoms with Gasteiger partial charge in [0.25, 0.3) is 5.56 Å². The lowest BCUT2D eigenvalue weighted by atomic mass is 10.0. The first kappa shape index (κ1) is 32.0. The summed E-state index contributed by atoms with van der Waals surface area (Å²) in [6.07, 6.45) is -4.27. The summed E-state index contributed by atoms with van der Waals surface area (Å²) in [6, 6.07) is 4.23. The largest absolute Gasteiger partial charge is 0.416 e. The first-order valence-corrected chi connectivity index (χ1v) is 15.4. The summed E-state index contributed by atoms with van der Waals surface area (Å²) in [5, 5.41) is 2.00. The molecule has 10 nitrogen and oxygen atoms in total. The molecule has 0 unspecified atom stereocenters. The number of aromatic nitrogens is 2. The molecule has 1 saturated heterocycles. The van der Waals surface area contributed by atoms with Crippen LogP contribution in [-0.2, 0) is 33.9 Å². The van der Waals surface area contributed by atoms with Crippen molar-refractivity contribution in [3.63, 3.8) is 0 Å². The van der Waals surface area contributed by atoms with E-state index in [1.807, 2.05) is 0 Å². The molecule has 1 amide bonds. The van der Waals surface area contributed by atoms with Gasteiger partial charge in [0.1, 0.15) is 0 Å². The number of amides is 1. The number of halogens is 5. The number of aromatic amines is 1. The smallest absolute Gasteiger partial charge is 0.352 e. The van der Waals surface area contributed by atoms with Crippen molar-refractivity contribution in [2.24, 2.45) is 5.73 Å². The molecule has 1 aliphatic rings. The highest BCUT2D eigenvalue weighted by molar-refractivity contribution is 7.91. The molecule has 1 fully saturated rings. The number of carbonyl (C=O) groups excluding carboxylic acids is 1. The number of benzene rings is 2. The normalized spacial score (nSPS) is 16.3. The Balaban J connectivity index is 1.78. The van der Waals surface area contributed by atoms with Gasteiger partial charge in [-0.25, -0.2) is 13.2 Å². The van der Waals surface area contributed by atoms with Gasteiger partial charge in [-0.1, -0.05) is 30.1 Å². The molecule has 228 valence electrons. The summed E-state index contributed by atoms with van der Waals surface area (Å²) in [6.45, 7) is 1.41. The topological polar surface area (TPSA) is 147 Å². The highest BCUT2D eigenvalue weighted by atomic mass is 35.5. The summed E-state index contributed by atoms with van der Waals surface area (Å²) in [5.41, 5.74) is 1.58. The number of alkyl halides is 3. The predicted octanol–water partition coefficient (Wildman–Crippen LogP) is 2.90. The Morgan fingerprint density at radius 2 is 1.90 bits per heavy atom. The molecule has 3 aromatic rings. The number of carbonyl (C=O) groups is 1. The van der Waals surface area contributed by atoms with Crippen molar-refractivity contribution in [3.05, 3.63) is 71.8 Å². The Bertz CT molecular complexity index is 1760. The number of rotatable bonds is 9. The Labute approximate surface area is 248 Å². The number of nitrogens with two attached hydrogens (primary N) is 1. The van der Waals surface area contributed by atoms with E-state index in [0.717, 1.165) is 0 Å². The quantitative estimate of drug-likeness (QED) is 0.323. The number of nitrogens with zero attached hydrogens (tertiary/aromatic N) is 2. The van der Waals surface area contributed by atoms with E-state index in [1.165, 1.54) is 25.1 Å². The summed E-state index contributed by atoms with van der Waals surface area (Å²) < 4.78 is 68.6. The minimum atomic E-state index is -4.90. The molecule has 42 heavy (non-hydrogen) atoms. The van der Waals surface area contributed by atoms with Crippen LogP contribution in [0.15, 0.2) is 38.8 Å². The molecule has 0 aliphatic carbocycles. The number of hydrogen-bond acceptors (Lipinski definition) is 7. The maximum absolute atomic E-state index is 14.3. The van der Waals surface area contributed by atoms with E-state index in [-0.39, 0.29) is 70.3 Å². The molecule has 1 aliphatic heterocycles. The fourth-order valence-electron chi connectivity index (χ4n) is 4.99. The van der Waals surface area contributed by atoms with Crippen LogP contribution >= 0.6 is 23.2 Å². The molecule has 1 aromatic heterocycles. The molecule has 2 aromatic carbocycles. The van der Waals surface area contributed by atoms with Crippen LogP contribution in [0, 0.1) is 0 Å². The van der Waals surface area contributed by atoms with Gasteiger partial charge < -0.3 is 16.0 Å². The Hall–Kier alpha value is -2.91. The van der Waals surface area contributed by atoms with E-state index in [1.54, 1.807) is 4.90 Å². The van der Waals surface area contributed by atoms with Crippen molar-refractivity contribution in [3.8, 4) is 0 Å². The van der Waals surface area contributed by atoms with Crippen molar-refractivity contribution < 1.29 is 26.4 Å². The Morgan fingerprint density at radius 3 is 2.55 bits per heavy atom. The molecule has 4 N–H and O–H groups in total. The van der Waals surface area contributed by atoms with Gasteiger partial charge in [-0.05, 0) is 41.8 Å². The first-order chi connectivity index (χ1) is 19.7. The van der Waals surface area contributed by atoms with Crippen molar-refractivity contribution >= 4 is 49.8 Å². The van der Waals surface area contributed by atoms with Gasteiger partial charge >= 0.3 is 11.9 Å². The maximum Gasteiger partial charge on any atom is 0.416 e. The number of likely N-dealkylation sites (tertiary alicyclic amines) is 1. The lowest BCUT2D eigenvalue weighted by Gasteiger charge is -2.22. The molecule has 16 heteroatoms. The molecule has 1 atom stereocenters. The van der Waals surface area contributed by atoms with Gasteiger partial charge in [0, 0.05) is 43.7 Å². The summed E-state index contributed by atoms with van der Waals surface area (Å²) in [5.74, 6) is -0.523. The van der Waals surface area contributed by atoms with Crippen LogP contribution in [0.4, 0.5) is 13.2 Å². The van der Waals surface area contributed by atoms with Crippen molar-refractivity contribution in [2.45, 2.75) is 50.0 Å². The van der Waals surface area contributed by atoms with Crippen LogP contribution in [0.3, 0.4) is 0 Å². The molecular formula is C26H28Cl2F3N5O5S. The van der Waals surface area contributed by atoms with E-state index in [2.05, 4.69) is 10.3 Å². The molecule has 0 radical (unpaired) electrons. The second kappa shape index (κ2) is 12.4. The molecular weight excluding hydrogens is 622 g/mol. The lowest BCUT2D eigenvalue weighted by Crippen LogP contribution is -2.38. The number of sulfone groups is 1. The van der Waals surface area contributed by atoms with Gasteiger partial charge in [0.2, 0.25) is 5.91 Å². The highest BCUT2D eigenvalue weighted by Gasteiger charge is 2.37. The van der Waals surface area contributed by atoms with E-state index in [9.17, 15) is 36.0 Å². The van der Waals surface area contributed by atoms with Gasteiger partial charge in [0.15, 0.2) is 9.84 Å². The fourth-order valence-corrected chi connectivity index (χ4v) is 6.61. The third kappa shape index (κ3) is 6.67. The zero-order valence-electron chi connectivity index (χ0n) is 22.4. The van der Waals surface area contributed by atoms with E-state index in [4.69, 9.17) is 28.9 Å². The standard InChI is InChI=1S/C26H28Cl2F3N5O5S/c1-2-42(40,41)20-4-3-15(27)9-14(20)11-36-24(38)17-10-19(26(29,30)31)18(22(28)23(17)34-25(36)39)13-35-8-6-16(12-35)33-21(37)5-7-32/h3-4,9-10,16H,2,5-8,11-13,32H2,1H3,(H,33,37)(H,34,39)/t16-/m1/s1. The van der Waals surface area contributed by atoms with Crippen LogP contribution in [0.5, 0.6) is 0 Å². The van der Waals surface area contributed by atoms with E-state index in [0.29, 0.717) is 23.6 Å². The van der Waals surface area contributed by atoms with Crippen LogP contribution < -0.4 is 22.3 Å². The first-order valence-electron chi connectivity index (χ1n) is 12.9. The van der Waals surface area contributed by atoms with Crippen LogP contribution in [0.1, 0.15) is 36.5 Å². The van der Waals surface area contributed by atoms with E-state index < -0.39 is 49.8 Å². The Kier molecular flexibility index (Phi) is 9.43. The highest BCUT2D eigenvalue weighted by Crippen LogP contribution is 2.39. The SMILES string of the molecule is CCS(=O)(=O)c1ccc(Cl)cc1Cn1c(=O)[nH]c2c(Cl)c(CN3CC[C@@H](NC(=O)CCN)C3)c(C(F)(F)F)cc2c1=O. The molecule has 0 bridgehead atoms. The van der Waals surface area contributed by atoms with Gasteiger partial charge in [-0.2, -0.15) is 13.2 Å². The average Bonchev–Trinajstić information content (AvgIpc) is 3.34. The summed E-state index contributed by atoms with van der Waals surface area (Å²) >= 11 is 12.5. The summed E-state index contributed by atoms with van der Waals surface area (Å²) in [4.78, 5) is 42.3. The minimum Gasteiger partial charge on any atom is -0.352 e. The number of nitrogens with one attached hydrogen (secondary N) is 2. The fraction of sp³-hybridized carbons (Fsp3) is 0.423. The van der Waals surface area contributed by atoms with Crippen molar-refractivity contribution in [2.75, 3.05) is 25.4 Å². The second-order valence-corrected chi connectivity index (χ2v) is 13.0. The van der Waals surface area contributed by atoms with Crippen molar-refractivity contribution in [1.82, 2.24) is 19.8 Å². The van der Waals surface area contributed by atoms with Crippen LogP contribution in [0.25, 0.3) is 10.9 Å². The zero-order valence-corrected chi connectivity index (χ0v) is 24.7. The summed E-state index contributed by atoms with van der Waals surface area (Å²) in [7, 11) is -3.79. The number of fused-ring (bicyclic) bond motifs is 1. The number of H-pyrrole nitrogens is 1.